The van der Waals surface area contributed by atoms with Crippen LogP contribution in [-0.2, 0) is 6.54 Å². The Morgan fingerprint density at radius 2 is 2.21 bits per heavy atom. The van der Waals surface area contributed by atoms with Gasteiger partial charge in [-0.1, -0.05) is 26.8 Å². The molecule has 4 heteroatoms. The van der Waals surface area contributed by atoms with E-state index in [0.29, 0.717) is 6.04 Å². The van der Waals surface area contributed by atoms with Gasteiger partial charge in [-0.3, -0.25) is 4.90 Å². The summed E-state index contributed by atoms with van der Waals surface area (Å²) in [5.74, 6) is 0. The van der Waals surface area contributed by atoms with E-state index in [0.717, 1.165) is 37.5 Å². The monoisotopic (exact) mass is 260 g/mol. The molecule has 0 aliphatic rings. The molecule has 0 fully saturated rings. The fourth-order valence-electron chi connectivity index (χ4n) is 2.15. The van der Waals surface area contributed by atoms with Crippen LogP contribution < -0.4 is 5.32 Å². The standard InChI is InChI=1S/C15H24N4/c1-4-18(10-8-16-13(2)3)11-14-12-19-9-6-5-7-15(19)17-14/h5-7,9,12-13,16H,4,8,10-11H2,1-3H3. The topological polar surface area (TPSA) is 32.6 Å². The molecule has 104 valence electrons. The van der Waals surface area contributed by atoms with Crippen LogP contribution in [0.2, 0.25) is 0 Å². The second-order valence-electron chi connectivity index (χ2n) is 5.18. The Hall–Kier alpha value is -1.39. The summed E-state index contributed by atoms with van der Waals surface area (Å²) in [5.41, 5.74) is 2.16. The van der Waals surface area contributed by atoms with Crippen LogP contribution in [0.25, 0.3) is 5.65 Å². The van der Waals surface area contributed by atoms with E-state index in [1.807, 2.05) is 24.4 Å². The van der Waals surface area contributed by atoms with Crippen molar-refractivity contribution < 1.29 is 0 Å². The lowest BCUT2D eigenvalue weighted by Crippen LogP contribution is -2.34. The first-order valence-electron chi connectivity index (χ1n) is 7.07. The second-order valence-corrected chi connectivity index (χ2v) is 5.18. The lowest BCUT2D eigenvalue weighted by Gasteiger charge is -2.20. The largest absolute Gasteiger partial charge is 0.313 e. The van der Waals surface area contributed by atoms with Crippen LogP contribution in [0.3, 0.4) is 0 Å². The summed E-state index contributed by atoms with van der Waals surface area (Å²) in [7, 11) is 0. The number of likely N-dealkylation sites (N-methyl/N-ethyl adjacent to an activating group) is 1. The van der Waals surface area contributed by atoms with Crippen molar-refractivity contribution in [1.29, 1.82) is 0 Å². The molecule has 2 heterocycles. The van der Waals surface area contributed by atoms with Crippen molar-refractivity contribution in [2.45, 2.75) is 33.4 Å². The van der Waals surface area contributed by atoms with Crippen LogP contribution in [0.15, 0.2) is 30.6 Å². The highest BCUT2D eigenvalue weighted by Crippen LogP contribution is 2.07. The van der Waals surface area contributed by atoms with Gasteiger partial charge in [0.1, 0.15) is 5.65 Å². The fourth-order valence-corrected chi connectivity index (χ4v) is 2.15. The first-order chi connectivity index (χ1) is 9.19. The Labute approximate surface area is 115 Å². The van der Waals surface area contributed by atoms with Gasteiger partial charge in [0.25, 0.3) is 0 Å². The molecule has 0 bridgehead atoms. The molecule has 0 aromatic carbocycles. The molecule has 0 atom stereocenters. The molecule has 0 saturated carbocycles. The zero-order valence-electron chi connectivity index (χ0n) is 12.1. The molecule has 0 radical (unpaired) electrons. The van der Waals surface area contributed by atoms with E-state index in [-0.39, 0.29) is 0 Å². The number of nitrogens with one attached hydrogen (secondary N) is 1. The van der Waals surface area contributed by atoms with Crippen molar-refractivity contribution >= 4 is 5.65 Å². The van der Waals surface area contributed by atoms with Crippen molar-refractivity contribution in [3.63, 3.8) is 0 Å². The van der Waals surface area contributed by atoms with Gasteiger partial charge in [0.2, 0.25) is 0 Å². The molecule has 0 aliphatic heterocycles. The Kier molecular flexibility index (Phi) is 4.93. The van der Waals surface area contributed by atoms with Gasteiger partial charge in [-0.05, 0) is 18.7 Å². The molecule has 0 unspecified atom stereocenters. The number of hydrogen-bond acceptors (Lipinski definition) is 3. The maximum Gasteiger partial charge on any atom is 0.137 e. The zero-order valence-corrected chi connectivity index (χ0v) is 12.1. The predicted molar refractivity (Wildman–Crippen MR) is 79.3 cm³/mol. The summed E-state index contributed by atoms with van der Waals surface area (Å²) in [6.07, 6.45) is 4.16. The minimum atomic E-state index is 0.550. The van der Waals surface area contributed by atoms with Gasteiger partial charge in [-0.2, -0.15) is 0 Å². The summed E-state index contributed by atoms with van der Waals surface area (Å²) in [4.78, 5) is 7.06. The Morgan fingerprint density at radius 3 is 2.89 bits per heavy atom. The number of hydrogen-bond donors (Lipinski definition) is 1. The smallest absolute Gasteiger partial charge is 0.137 e. The van der Waals surface area contributed by atoms with E-state index in [1.54, 1.807) is 0 Å². The molecule has 0 aliphatic carbocycles. The van der Waals surface area contributed by atoms with Gasteiger partial charge in [0.05, 0.1) is 5.69 Å². The van der Waals surface area contributed by atoms with Crippen LogP contribution in [0.1, 0.15) is 26.5 Å². The third-order valence-corrected chi connectivity index (χ3v) is 3.23. The number of pyridine rings is 1. The molecular weight excluding hydrogens is 236 g/mol. The Morgan fingerprint density at radius 1 is 1.37 bits per heavy atom. The molecule has 19 heavy (non-hydrogen) atoms. The van der Waals surface area contributed by atoms with Gasteiger partial charge in [-0.15, -0.1) is 0 Å². The lowest BCUT2D eigenvalue weighted by atomic mass is 10.3. The number of fused-ring (bicyclic) bond motifs is 1. The molecular formula is C15H24N4. The maximum atomic E-state index is 4.64. The molecule has 0 amide bonds. The molecule has 0 saturated heterocycles. The number of nitrogens with zero attached hydrogens (tertiary/aromatic N) is 3. The first-order valence-corrected chi connectivity index (χ1v) is 7.07. The van der Waals surface area contributed by atoms with E-state index in [1.165, 1.54) is 0 Å². The highest BCUT2D eigenvalue weighted by atomic mass is 15.1. The molecule has 0 spiro atoms. The van der Waals surface area contributed by atoms with Crippen LogP contribution in [-0.4, -0.2) is 40.0 Å². The van der Waals surface area contributed by atoms with Gasteiger partial charge in [-0.25, -0.2) is 4.98 Å². The third kappa shape index (κ3) is 4.04. The van der Waals surface area contributed by atoms with Crippen LogP contribution in [0, 0.1) is 0 Å². The van der Waals surface area contributed by atoms with Crippen molar-refractivity contribution in [3.05, 3.63) is 36.3 Å². The van der Waals surface area contributed by atoms with Crippen LogP contribution >= 0.6 is 0 Å². The SMILES string of the molecule is CCN(CCNC(C)C)Cc1cn2ccccc2n1. The zero-order chi connectivity index (χ0) is 13.7. The van der Waals surface area contributed by atoms with Gasteiger partial charge >= 0.3 is 0 Å². The molecule has 2 rings (SSSR count). The average molecular weight is 260 g/mol. The van der Waals surface area contributed by atoms with E-state index < -0.39 is 0 Å². The van der Waals surface area contributed by atoms with Crippen molar-refractivity contribution in [3.8, 4) is 0 Å². The molecule has 2 aromatic rings. The van der Waals surface area contributed by atoms with E-state index in [2.05, 4.69) is 46.6 Å². The van der Waals surface area contributed by atoms with Crippen molar-refractivity contribution in [2.75, 3.05) is 19.6 Å². The van der Waals surface area contributed by atoms with Gasteiger partial charge in [0.15, 0.2) is 0 Å². The minimum Gasteiger partial charge on any atom is -0.313 e. The van der Waals surface area contributed by atoms with Crippen LogP contribution in [0.4, 0.5) is 0 Å². The normalized spacial score (nSPS) is 11.8. The highest BCUT2D eigenvalue weighted by Gasteiger charge is 2.07. The Balaban J connectivity index is 1.93. The van der Waals surface area contributed by atoms with E-state index >= 15 is 0 Å². The van der Waals surface area contributed by atoms with Gasteiger partial charge in [0, 0.05) is 38.1 Å². The summed E-state index contributed by atoms with van der Waals surface area (Å²) in [6.45, 7) is 10.6. The quantitative estimate of drug-likeness (QED) is 0.828. The second kappa shape index (κ2) is 6.68. The summed E-state index contributed by atoms with van der Waals surface area (Å²) in [6, 6.07) is 6.65. The van der Waals surface area contributed by atoms with Crippen LogP contribution in [0.5, 0.6) is 0 Å². The number of rotatable bonds is 7. The Bertz CT molecular complexity index is 471. The highest BCUT2D eigenvalue weighted by molar-refractivity contribution is 5.39. The number of imidazole rings is 1. The average Bonchev–Trinajstić information content (AvgIpc) is 2.79. The predicted octanol–water partition coefficient (Wildman–Crippen LogP) is 2.15. The van der Waals surface area contributed by atoms with Crippen molar-refractivity contribution in [1.82, 2.24) is 19.6 Å². The molecule has 2 aromatic heterocycles. The van der Waals surface area contributed by atoms with Crippen molar-refractivity contribution in [2.24, 2.45) is 0 Å². The lowest BCUT2D eigenvalue weighted by molar-refractivity contribution is 0.273. The third-order valence-electron chi connectivity index (χ3n) is 3.23. The maximum absolute atomic E-state index is 4.64. The fraction of sp³-hybridized carbons (Fsp3) is 0.533. The summed E-state index contributed by atoms with van der Waals surface area (Å²) >= 11 is 0. The summed E-state index contributed by atoms with van der Waals surface area (Å²) in [5, 5.41) is 3.46. The van der Waals surface area contributed by atoms with E-state index in [4.69, 9.17) is 0 Å². The van der Waals surface area contributed by atoms with Gasteiger partial charge < -0.3 is 9.72 Å². The summed E-state index contributed by atoms with van der Waals surface area (Å²) < 4.78 is 2.08. The minimum absolute atomic E-state index is 0.550. The first kappa shape index (κ1) is 14.0. The number of aromatic nitrogens is 2. The van der Waals surface area contributed by atoms with E-state index in [9.17, 15) is 0 Å². The molecule has 4 nitrogen and oxygen atoms in total. The molecule has 1 N–H and O–H groups in total.